The summed E-state index contributed by atoms with van der Waals surface area (Å²) in [4.78, 5) is 2.22. The van der Waals surface area contributed by atoms with Gasteiger partial charge < -0.3 is 19.7 Å². The van der Waals surface area contributed by atoms with Crippen molar-refractivity contribution in [2.24, 2.45) is 0 Å². The molecule has 1 heterocycles. The van der Waals surface area contributed by atoms with E-state index in [2.05, 4.69) is 43.4 Å². The van der Waals surface area contributed by atoms with E-state index in [-0.39, 0.29) is 0 Å². The maximum absolute atomic E-state index is 5.46. The zero-order valence-electron chi connectivity index (χ0n) is 12.5. The molecular weight excluding hydrogens is 272 g/mol. The lowest BCUT2D eigenvalue weighted by atomic mass is 10.1. The Morgan fingerprint density at radius 1 is 1.30 bits per heavy atom. The van der Waals surface area contributed by atoms with E-state index in [4.69, 9.17) is 9.47 Å². The zero-order chi connectivity index (χ0) is 14.4. The lowest BCUT2D eigenvalue weighted by molar-refractivity contribution is 0.174. The van der Waals surface area contributed by atoms with Crippen LogP contribution in [-0.2, 0) is 0 Å². The van der Waals surface area contributed by atoms with Gasteiger partial charge in [0.15, 0.2) is 11.5 Å². The molecule has 1 N–H and O–H groups in total. The van der Waals surface area contributed by atoms with Crippen molar-refractivity contribution in [3.05, 3.63) is 23.8 Å². The molecule has 0 bridgehead atoms. The molecule has 1 aliphatic heterocycles. The first-order chi connectivity index (χ1) is 9.70. The van der Waals surface area contributed by atoms with Crippen LogP contribution in [0.2, 0.25) is 0 Å². The summed E-state index contributed by atoms with van der Waals surface area (Å²) in [6, 6.07) is 6.60. The summed E-state index contributed by atoms with van der Waals surface area (Å²) in [5.74, 6) is 3.94. The highest BCUT2D eigenvalue weighted by Crippen LogP contribution is 2.34. The molecule has 0 fully saturated rings. The quantitative estimate of drug-likeness (QED) is 0.745. The summed E-state index contributed by atoms with van der Waals surface area (Å²) in [6.45, 7) is 4.56. The minimum absolute atomic E-state index is 0.336. The van der Waals surface area contributed by atoms with E-state index in [1.807, 2.05) is 17.8 Å². The van der Waals surface area contributed by atoms with Crippen LogP contribution in [0.25, 0.3) is 0 Å². The van der Waals surface area contributed by atoms with E-state index in [0.29, 0.717) is 12.8 Å². The third-order valence-electron chi connectivity index (χ3n) is 3.22. The first-order valence-electron chi connectivity index (χ1n) is 7.06. The number of fused-ring (bicyclic) bond motifs is 1. The van der Waals surface area contributed by atoms with E-state index in [0.717, 1.165) is 36.1 Å². The number of ether oxygens (including phenoxy) is 2. The standard InChI is InChI=1S/C15H24N2O2S/c1-4-16-13(10-20-8-7-17(2)3)12-5-6-14-15(9-12)19-11-18-14/h5-6,9,13,16H,4,7-8,10-11H2,1-3H3. The maximum atomic E-state index is 5.46. The Labute approximate surface area is 125 Å². The van der Waals surface area contributed by atoms with Crippen molar-refractivity contribution < 1.29 is 9.47 Å². The summed E-state index contributed by atoms with van der Waals surface area (Å²) >= 11 is 1.98. The molecule has 1 aromatic carbocycles. The van der Waals surface area contributed by atoms with Crippen molar-refractivity contribution in [1.29, 1.82) is 0 Å². The van der Waals surface area contributed by atoms with Crippen LogP contribution in [0.15, 0.2) is 18.2 Å². The molecule has 2 rings (SSSR count). The van der Waals surface area contributed by atoms with Gasteiger partial charge in [-0.3, -0.25) is 0 Å². The first-order valence-corrected chi connectivity index (χ1v) is 8.21. The van der Waals surface area contributed by atoms with Crippen molar-refractivity contribution >= 4 is 11.8 Å². The van der Waals surface area contributed by atoms with Gasteiger partial charge >= 0.3 is 0 Å². The zero-order valence-corrected chi connectivity index (χ0v) is 13.3. The number of hydrogen-bond donors (Lipinski definition) is 1. The van der Waals surface area contributed by atoms with E-state index in [1.54, 1.807) is 0 Å². The van der Waals surface area contributed by atoms with Crippen LogP contribution in [0.1, 0.15) is 18.5 Å². The average Bonchev–Trinajstić information content (AvgIpc) is 2.89. The fraction of sp³-hybridized carbons (Fsp3) is 0.600. The van der Waals surface area contributed by atoms with Gasteiger partial charge in [0.05, 0.1) is 0 Å². The van der Waals surface area contributed by atoms with Crippen LogP contribution in [0.5, 0.6) is 11.5 Å². The van der Waals surface area contributed by atoms with E-state index in [1.165, 1.54) is 5.56 Å². The second kappa shape index (κ2) is 7.76. The number of nitrogens with zero attached hydrogens (tertiary/aromatic N) is 1. The molecule has 1 atom stereocenters. The predicted octanol–water partition coefficient (Wildman–Crippen LogP) is 2.36. The third kappa shape index (κ3) is 4.30. The van der Waals surface area contributed by atoms with Crippen LogP contribution in [-0.4, -0.2) is 50.4 Å². The van der Waals surface area contributed by atoms with E-state index in [9.17, 15) is 0 Å². The molecule has 112 valence electrons. The van der Waals surface area contributed by atoms with Gasteiger partial charge in [-0.2, -0.15) is 11.8 Å². The molecule has 0 saturated carbocycles. The number of thioether (sulfide) groups is 1. The average molecular weight is 296 g/mol. The molecule has 0 radical (unpaired) electrons. The molecule has 20 heavy (non-hydrogen) atoms. The van der Waals surface area contributed by atoms with Crippen molar-refractivity contribution in [1.82, 2.24) is 10.2 Å². The number of hydrogen-bond acceptors (Lipinski definition) is 5. The van der Waals surface area contributed by atoms with E-state index < -0.39 is 0 Å². The molecule has 1 aromatic rings. The number of nitrogens with one attached hydrogen (secondary N) is 1. The minimum Gasteiger partial charge on any atom is -0.454 e. The van der Waals surface area contributed by atoms with Crippen LogP contribution in [0, 0.1) is 0 Å². The highest BCUT2D eigenvalue weighted by Gasteiger charge is 2.17. The molecular formula is C15H24N2O2S. The van der Waals surface area contributed by atoms with Gasteiger partial charge in [-0.1, -0.05) is 13.0 Å². The largest absolute Gasteiger partial charge is 0.454 e. The van der Waals surface area contributed by atoms with Gasteiger partial charge in [-0.05, 0) is 38.3 Å². The molecule has 0 aromatic heterocycles. The Balaban J connectivity index is 1.93. The van der Waals surface area contributed by atoms with Crippen LogP contribution < -0.4 is 14.8 Å². The summed E-state index contributed by atoms with van der Waals surface area (Å²) in [5.41, 5.74) is 1.27. The summed E-state index contributed by atoms with van der Waals surface area (Å²) in [7, 11) is 4.22. The molecule has 1 unspecified atom stereocenters. The van der Waals surface area contributed by atoms with Crippen molar-refractivity contribution in [2.45, 2.75) is 13.0 Å². The topological polar surface area (TPSA) is 33.7 Å². The SMILES string of the molecule is CCNC(CSCCN(C)C)c1ccc2c(c1)OCO2. The third-order valence-corrected chi connectivity index (χ3v) is 4.26. The Bertz CT molecular complexity index is 426. The van der Waals surface area contributed by atoms with Gasteiger partial charge in [-0.25, -0.2) is 0 Å². The van der Waals surface area contributed by atoms with Crippen molar-refractivity contribution in [3.63, 3.8) is 0 Å². The summed E-state index contributed by atoms with van der Waals surface area (Å²) < 4.78 is 10.8. The maximum Gasteiger partial charge on any atom is 0.231 e. The van der Waals surface area contributed by atoms with Crippen molar-refractivity contribution in [2.75, 3.05) is 45.5 Å². The fourth-order valence-electron chi connectivity index (χ4n) is 2.10. The highest BCUT2D eigenvalue weighted by molar-refractivity contribution is 7.99. The Kier molecular flexibility index (Phi) is 6.01. The molecule has 0 aliphatic carbocycles. The molecule has 0 saturated heterocycles. The normalized spacial score (nSPS) is 14.8. The number of benzene rings is 1. The van der Waals surface area contributed by atoms with Gasteiger partial charge in [0.2, 0.25) is 6.79 Å². The van der Waals surface area contributed by atoms with Crippen molar-refractivity contribution in [3.8, 4) is 11.5 Å². The molecule has 0 amide bonds. The van der Waals surface area contributed by atoms with Gasteiger partial charge in [0.1, 0.15) is 0 Å². The lowest BCUT2D eigenvalue weighted by Crippen LogP contribution is -2.24. The number of rotatable bonds is 8. The Hall–Kier alpha value is -0.910. The fourth-order valence-corrected chi connectivity index (χ4v) is 3.30. The lowest BCUT2D eigenvalue weighted by Gasteiger charge is -2.19. The predicted molar refractivity (Wildman–Crippen MR) is 84.9 cm³/mol. The van der Waals surface area contributed by atoms with Gasteiger partial charge in [-0.15, -0.1) is 0 Å². The summed E-state index contributed by atoms with van der Waals surface area (Å²) in [6.07, 6.45) is 0. The monoisotopic (exact) mass is 296 g/mol. The van der Waals surface area contributed by atoms with Crippen LogP contribution in [0.3, 0.4) is 0 Å². The van der Waals surface area contributed by atoms with Crippen LogP contribution >= 0.6 is 11.8 Å². The van der Waals surface area contributed by atoms with Gasteiger partial charge in [0, 0.05) is 24.1 Å². The first kappa shape index (κ1) is 15.5. The smallest absolute Gasteiger partial charge is 0.231 e. The Morgan fingerprint density at radius 3 is 2.85 bits per heavy atom. The van der Waals surface area contributed by atoms with Gasteiger partial charge in [0.25, 0.3) is 0 Å². The summed E-state index contributed by atoms with van der Waals surface area (Å²) in [5, 5.41) is 3.55. The minimum atomic E-state index is 0.336. The van der Waals surface area contributed by atoms with E-state index >= 15 is 0 Å². The second-order valence-electron chi connectivity index (χ2n) is 5.10. The molecule has 4 nitrogen and oxygen atoms in total. The highest BCUT2D eigenvalue weighted by atomic mass is 32.2. The van der Waals surface area contributed by atoms with Crippen LogP contribution in [0.4, 0.5) is 0 Å². The molecule has 5 heteroatoms. The molecule has 0 spiro atoms. The Morgan fingerprint density at radius 2 is 2.10 bits per heavy atom. The second-order valence-corrected chi connectivity index (χ2v) is 6.25. The molecule has 1 aliphatic rings.